The first-order chi connectivity index (χ1) is 8.85. The predicted octanol–water partition coefficient (Wildman–Crippen LogP) is 0.467. The minimum Gasteiger partial charge on any atom is -0.338 e. The molecule has 18 heavy (non-hydrogen) atoms. The molecule has 98 valence electrons. The van der Waals surface area contributed by atoms with E-state index in [1.54, 1.807) is 6.20 Å². The molecule has 1 saturated carbocycles. The minimum atomic E-state index is 0.483. The van der Waals surface area contributed by atoms with Gasteiger partial charge in [0.1, 0.15) is 0 Å². The third-order valence-corrected chi connectivity index (χ3v) is 3.78. The molecule has 5 heteroatoms. The summed E-state index contributed by atoms with van der Waals surface area (Å²) in [6.45, 7) is 6.09. The first-order valence-corrected chi connectivity index (χ1v) is 6.84. The smallest absolute Gasteiger partial charge is 0.225 e. The van der Waals surface area contributed by atoms with Crippen LogP contribution >= 0.6 is 0 Å². The van der Waals surface area contributed by atoms with Crippen molar-refractivity contribution in [3.05, 3.63) is 18.0 Å². The fourth-order valence-electron chi connectivity index (χ4n) is 2.45. The van der Waals surface area contributed by atoms with Gasteiger partial charge in [-0.05, 0) is 24.8 Å². The highest BCUT2D eigenvalue weighted by Crippen LogP contribution is 2.30. The second-order valence-electron chi connectivity index (χ2n) is 5.28. The van der Waals surface area contributed by atoms with Crippen LogP contribution in [0.4, 0.5) is 5.95 Å². The molecule has 0 radical (unpaired) electrons. The Morgan fingerprint density at radius 1 is 1.22 bits per heavy atom. The van der Waals surface area contributed by atoms with Gasteiger partial charge in [0.15, 0.2) is 0 Å². The van der Waals surface area contributed by atoms with Crippen LogP contribution in [0.15, 0.2) is 12.3 Å². The summed E-state index contributed by atoms with van der Waals surface area (Å²) in [6, 6.07) is 1.88. The number of rotatable bonds is 4. The van der Waals surface area contributed by atoms with E-state index >= 15 is 0 Å². The van der Waals surface area contributed by atoms with Crippen molar-refractivity contribution in [3.63, 3.8) is 0 Å². The summed E-state index contributed by atoms with van der Waals surface area (Å²) >= 11 is 0. The Morgan fingerprint density at radius 2 is 2.00 bits per heavy atom. The molecule has 5 nitrogen and oxygen atoms in total. The zero-order chi connectivity index (χ0) is 12.4. The summed E-state index contributed by atoms with van der Waals surface area (Å²) in [4.78, 5) is 13.7. The van der Waals surface area contributed by atoms with Crippen molar-refractivity contribution in [2.75, 3.05) is 37.6 Å². The van der Waals surface area contributed by atoms with Gasteiger partial charge in [-0.15, -0.1) is 0 Å². The molecule has 1 aromatic rings. The van der Waals surface area contributed by atoms with Crippen LogP contribution in [-0.2, 0) is 6.54 Å². The summed E-state index contributed by atoms with van der Waals surface area (Å²) in [6.07, 6.45) is 4.67. The normalized spacial score (nSPS) is 21.3. The Bertz CT molecular complexity index is 396. The molecule has 3 rings (SSSR count). The Labute approximate surface area is 108 Å². The SMILES string of the molecule is NCc1ccnc(N2CCN(CC3CC3)CC2)n1. The summed E-state index contributed by atoms with van der Waals surface area (Å²) in [5.41, 5.74) is 6.53. The molecule has 2 fully saturated rings. The van der Waals surface area contributed by atoms with Crippen LogP contribution in [0.2, 0.25) is 0 Å². The van der Waals surface area contributed by atoms with Gasteiger partial charge in [0.05, 0.1) is 5.69 Å². The van der Waals surface area contributed by atoms with Crippen molar-refractivity contribution in [2.24, 2.45) is 11.7 Å². The lowest BCUT2D eigenvalue weighted by molar-refractivity contribution is 0.247. The summed E-state index contributed by atoms with van der Waals surface area (Å²) < 4.78 is 0. The van der Waals surface area contributed by atoms with Gasteiger partial charge in [0.2, 0.25) is 5.95 Å². The molecule has 1 aliphatic carbocycles. The molecular weight excluding hydrogens is 226 g/mol. The van der Waals surface area contributed by atoms with Crippen molar-refractivity contribution >= 4 is 5.95 Å². The standard InChI is InChI=1S/C13H21N5/c14-9-12-3-4-15-13(16-12)18-7-5-17(6-8-18)10-11-1-2-11/h3-4,11H,1-2,5-10,14H2. The fraction of sp³-hybridized carbons (Fsp3) is 0.692. The maximum atomic E-state index is 5.62. The molecular formula is C13H21N5. The van der Waals surface area contributed by atoms with Crippen LogP contribution in [0, 0.1) is 5.92 Å². The zero-order valence-electron chi connectivity index (χ0n) is 10.8. The predicted molar refractivity (Wildman–Crippen MR) is 71.3 cm³/mol. The third kappa shape index (κ3) is 2.79. The minimum absolute atomic E-state index is 0.483. The molecule has 1 aliphatic heterocycles. The van der Waals surface area contributed by atoms with Crippen LogP contribution in [0.5, 0.6) is 0 Å². The van der Waals surface area contributed by atoms with Crippen molar-refractivity contribution in [2.45, 2.75) is 19.4 Å². The molecule has 0 spiro atoms. The number of anilines is 1. The lowest BCUT2D eigenvalue weighted by atomic mass is 10.3. The van der Waals surface area contributed by atoms with Gasteiger partial charge in [-0.25, -0.2) is 9.97 Å². The van der Waals surface area contributed by atoms with Crippen LogP contribution in [0.1, 0.15) is 18.5 Å². The van der Waals surface area contributed by atoms with Crippen LogP contribution < -0.4 is 10.6 Å². The van der Waals surface area contributed by atoms with Crippen LogP contribution in [0.3, 0.4) is 0 Å². The molecule has 1 saturated heterocycles. The van der Waals surface area contributed by atoms with Gasteiger partial charge in [-0.1, -0.05) is 0 Å². The van der Waals surface area contributed by atoms with Crippen molar-refractivity contribution in [1.82, 2.24) is 14.9 Å². The average Bonchev–Trinajstić information content (AvgIpc) is 3.24. The van der Waals surface area contributed by atoms with E-state index in [0.29, 0.717) is 6.54 Å². The zero-order valence-corrected chi connectivity index (χ0v) is 10.8. The second kappa shape index (κ2) is 5.20. The molecule has 0 aromatic carbocycles. The van der Waals surface area contributed by atoms with Gasteiger partial charge >= 0.3 is 0 Å². The molecule has 2 aliphatic rings. The van der Waals surface area contributed by atoms with Gasteiger partial charge in [0, 0.05) is 45.5 Å². The van der Waals surface area contributed by atoms with Gasteiger partial charge in [-0.3, -0.25) is 4.90 Å². The molecule has 0 amide bonds. The molecule has 0 atom stereocenters. The lowest BCUT2D eigenvalue weighted by Crippen LogP contribution is -2.47. The molecule has 0 unspecified atom stereocenters. The van der Waals surface area contributed by atoms with E-state index in [-0.39, 0.29) is 0 Å². The first-order valence-electron chi connectivity index (χ1n) is 6.84. The number of hydrogen-bond donors (Lipinski definition) is 1. The third-order valence-electron chi connectivity index (χ3n) is 3.78. The number of piperazine rings is 1. The van der Waals surface area contributed by atoms with E-state index in [9.17, 15) is 0 Å². The Balaban J connectivity index is 1.57. The quantitative estimate of drug-likeness (QED) is 0.838. The van der Waals surface area contributed by atoms with E-state index in [2.05, 4.69) is 19.8 Å². The number of hydrogen-bond acceptors (Lipinski definition) is 5. The Kier molecular flexibility index (Phi) is 3.43. The average molecular weight is 247 g/mol. The molecule has 0 bridgehead atoms. The van der Waals surface area contributed by atoms with E-state index in [4.69, 9.17) is 5.73 Å². The Hall–Kier alpha value is -1.20. The maximum Gasteiger partial charge on any atom is 0.225 e. The fourth-order valence-corrected chi connectivity index (χ4v) is 2.45. The number of nitrogens with two attached hydrogens (primary N) is 1. The summed E-state index contributed by atoms with van der Waals surface area (Å²) in [5, 5.41) is 0. The molecule has 1 aromatic heterocycles. The second-order valence-corrected chi connectivity index (χ2v) is 5.28. The van der Waals surface area contributed by atoms with Crippen LogP contribution in [0.25, 0.3) is 0 Å². The lowest BCUT2D eigenvalue weighted by Gasteiger charge is -2.34. The van der Waals surface area contributed by atoms with Crippen molar-refractivity contribution in [1.29, 1.82) is 0 Å². The van der Waals surface area contributed by atoms with Gasteiger partial charge < -0.3 is 10.6 Å². The van der Waals surface area contributed by atoms with E-state index in [1.807, 2.05) is 6.07 Å². The van der Waals surface area contributed by atoms with Crippen LogP contribution in [-0.4, -0.2) is 47.6 Å². The first kappa shape index (κ1) is 11.9. The topological polar surface area (TPSA) is 58.3 Å². The van der Waals surface area contributed by atoms with E-state index in [0.717, 1.165) is 43.7 Å². The molecule has 2 N–H and O–H groups in total. The number of aromatic nitrogens is 2. The highest BCUT2D eigenvalue weighted by molar-refractivity contribution is 5.31. The van der Waals surface area contributed by atoms with Crippen molar-refractivity contribution in [3.8, 4) is 0 Å². The van der Waals surface area contributed by atoms with Gasteiger partial charge in [-0.2, -0.15) is 0 Å². The maximum absolute atomic E-state index is 5.62. The van der Waals surface area contributed by atoms with Gasteiger partial charge in [0.25, 0.3) is 0 Å². The van der Waals surface area contributed by atoms with E-state index in [1.165, 1.54) is 19.4 Å². The van der Waals surface area contributed by atoms with Crippen molar-refractivity contribution < 1.29 is 0 Å². The Morgan fingerprint density at radius 3 is 2.67 bits per heavy atom. The number of nitrogens with zero attached hydrogens (tertiary/aromatic N) is 4. The molecule has 2 heterocycles. The largest absolute Gasteiger partial charge is 0.338 e. The highest BCUT2D eigenvalue weighted by Gasteiger charge is 2.26. The highest BCUT2D eigenvalue weighted by atomic mass is 15.3. The summed E-state index contributed by atoms with van der Waals surface area (Å²) in [7, 11) is 0. The van der Waals surface area contributed by atoms with E-state index < -0.39 is 0 Å². The summed E-state index contributed by atoms with van der Waals surface area (Å²) in [5.74, 6) is 1.82. The monoisotopic (exact) mass is 247 g/mol.